The standard InChI is InChI=1S/C12H8Br2Cl2N2O/c1-19-5-9-10(14)11(16)18-12(17-9)7-3-2-6(15)4-8(7)13/h2-4H,5H2,1H3. The Morgan fingerprint density at radius 2 is 1.95 bits per heavy atom. The van der Waals surface area contributed by atoms with Gasteiger partial charge in [-0.15, -0.1) is 0 Å². The molecule has 0 aliphatic heterocycles. The maximum absolute atomic E-state index is 6.09. The predicted octanol–water partition coefficient (Wildman–Crippen LogP) is 5.12. The van der Waals surface area contributed by atoms with Crippen LogP contribution in [0.3, 0.4) is 0 Å². The van der Waals surface area contributed by atoms with E-state index >= 15 is 0 Å². The van der Waals surface area contributed by atoms with E-state index in [1.165, 1.54) is 0 Å². The van der Waals surface area contributed by atoms with E-state index in [-0.39, 0.29) is 0 Å². The van der Waals surface area contributed by atoms with E-state index in [1.54, 1.807) is 19.2 Å². The molecule has 1 aromatic heterocycles. The highest BCUT2D eigenvalue weighted by Crippen LogP contribution is 2.32. The van der Waals surface area contributed by atoms with Crippen molar-refractivity contribution < 1.29 is 4.74 Å². The summed E-state index contributed by atoms with van der Waals surface area (Å²) >= 11 is 18.8. The molecule has 0 amide bonds. The van der Waals surface area contributed by atoms with Crippen molar-refractivity contribution in [2.75, 3.05) is 7.11 Å². The van der Waals surface area contributed by atoms with Gasteiger partial charge < -0.3 is 4.74 Å². The fourth-order valence-electron chi connectivity index (χ4n) is 1.49. The maximum atomic E-state index is 6.09. The average molecular weight is 427 g/mol. The van der Waals surface area contributed by atoms with Gasteiger partial charge in [0, 0.05) is 22.2 Å². The van der Waals surface area contributed by atoms with Crippen LogP contribution in [0.15, 0.2) is 27.1 Å². The average Bonchev–Trinajstić information content (AvgIpc) is 2.35. The lowest BCUT2D eigenvalue weighted by atomic mass is 10.2. The van der Waals surface area contributed by atoms with Gasteiger partial charge in [0.05, 0.1) is 16.8 Å². The zero-order valence-corrected chi connectivity index (χ0v) is 14.4. The first-order valence-corrected chi connectivity index (χ1v) is 7.53. The first kappa shape index (κ1) is 15.2. The quantitative estimate of drug-likeness (QED) is 0.639. The van der Waals surface area contributed by atoms with Crippen molar-refractivity contribution in [2.24, 2.45) is 0 Å². The number of rotatable bonds is 3. The van der Waals surface area contributed by atoms with E-state index in [2.05, 4.69) is 41.8 Å². The van der Waals surface area contributed by atoms with E-state index < -0.39 is 0 Å². The summed E-state index contributed by atoms with van der Waals surface area (Å²) in [6.07, 6.45) is 0. The van der Waals surface area contributed by atoms with Gasteiger partial charge in [0.25, 0.3) is 0 Å². The van der Waals surface area contributed by atoms with Gasteiger partial charge in [-0.05, 0) is 50.1 Å². The van der Waals surface area contributed by atoms with Crippen LogP contribution < -0.4 is 0 Å². The summed E-state index contributed by atoms with van der Waals surface area (Å²) in [5, 5.41) is 0.981. The summed E-state index contributed by atoms with van der Waals surface area (Å²) < 4.78 is 6.54. The molecule has 0 unspecified atom stereocenters. The monoisotopic (exact) mass is 424 g/mol. The lowest BCUT2D eigenvalue weighted by Gasteiger charge is -2.09. The summed E-state index contributed by atoms with van der Waals surface area (Å²) in [6, 6.07) is 5.39. The van der Waals surface area contributed by atoms with Gasteiger partial charge in [-0.3, -0.25) is 0 Å². The normalized spacial score (nSPS) is 10.8. The third-order valence-electron chi connectivity index (χ3n) is 2.33. The van der Waals surface area contributed by atoms with Gasteiger partial charge in [0.15, 0.2) is 5.82 Å². The van der Waals surface area contributed by atoms with E-state index in [0.717, 1.165) is 10.0 Å². The van der Waals surface area contributed by atoms with Gasteiger partial charge in [0.2, 0.25) is 0 Å². The molecule has 3 nitrogen and oxygen atoms in total. The molecule has 0 N–H and O–H groups in total. The SMILES string of the molecule is COCc1nc(-c2ccc(Cl)cc2Br)nc(Cl)c1Br. The Labute approximate surface area is 137 Å². The van der Waals surface area contributed by atoms with Crippen molar-refractivity contribution in [1.29, 1.82) is 0 Å². The highest BCUT2D eigenvalue weighted by Gasteiger charge is 2.14. The van der Waals surface area contributed by atoms with Gasteiger partial charge in [-0.2, -0.15) is 0 Å². The number of benzene rings is 1. The first-order valence-electron chi connectivity index (χ1n) is 5.19. The molecule has 0 aliphatic rings. The van der Waals surface area contributed by atoms with Gasteiger partial charge in [0.1, 0.15) is 5.15 Å². The minimum absolute atomic E-state index is 0.346. The molecule has 0 spiro atoms. The van der Waals surface area contributed by atoms with Crippen LogP contribution in [0.2, 0.25) is 10.2 Å². The lowest BCUT2D eigenvalue weighted by Crippen LogP contribution is -2.00. The molecule has 19 heavy (non-hydrogen) atoms. The fourth-order valence-corrected chi connectivity index (χ4v) is 2.83. The number of nitrogens with zero attached hydrogens (tertiary/aromatic N) is 2. The van der Waals surface area contributed by atoms with Crippen molar-refractivity contribution >= 4 is 55.1 Å². The van der Waals surface area contributed by atoms with Gasteiger partial charge in [-0.25, -0.2) is 9.97 Å². The number of ether oxygens (including phenoxy) is 1. The van der Waals surface area contributed by atoms with Crippen LogP contribution in [0.1, 0.15) is 5.69 Å². The number of methoxy groups -OCH3 is 1. The number of halogens is 4. The molecule has 0 atom stereocenters. The summed E-state index contributed by atoms with van der Waals surface area (Å²) in [4.78, 5) is 8.70. The Balaban J connectivity index is 2.56. The van der Waals surface area contributed by atoms with Crippen LogP contribution >= 0.6 is 55.1 Å². The second-order valence-electron chi connectivity index (χ2n) is 3.66. The summed E-state index contributed by atoms with van der Waals surface area (Å²) in [7, 11) is 1.60. The molecular weight excluding hydrogens is 419 g/mol. The lowest BCUT2D eigenvalue weighted by molar-refractivity contribution is 0.181. The number of hydrogen-bond acceptors (Lipinski definition) is 3. The molecule has 1 aromatic carbocycles. The Bertz CT molecular complexity index is 623. The molecule has 7 heteroatoms. The Morgan fingerprint density at radius 1 is 1.21 bits per heavy atom. The van der Waals surface area contributed by atoms with Crippen molar-refractivity contribution in [1.82, 2.24) is 9.97 Å². The third kappa shape index (κ3) is 3.47. The summed E-state index contributed by atoms with van der Waals surface area (Å²) in [5.41, 5.74) is 1.51. The molecule has 0 fully saturated rings. The van der Waals surface area contributed by atoms with Crippen LogP contribution in [0.4, 0.5) is 0 Å². The highest BCUT2D eigenvalue weighted by molar-refractivity contribution is 9.11. The minimum Gasteiger partial charge on any atom is -0.378 e. The molecule has 1 heterocycles. The summed E-state index contributed by atoms with van der Waals surface area (Å²) in [5.74, 6) is 0.517. The molecule has 100 valence electrons. The van der Waals surface area contributed by atoms with Crippen LogP contribution in [-0.4, -0.2) is 17.1 Å². The van der Waals surface area contributed by atoms with Crippen molar-refractivity contribution in [3.8, 4) is 11.4 Å². The smallest absolute Gasteiger partial charge is 0.162 e. The summed E-state index contributed by atoms with van der Waals surface area (Å²) in [6.45, 7) is 0.348. The molecular formula is C12H8Br2Cl2N2O. The van der Waals surface area contributed by atoms with Crippen molar-refractivity contribution in [3.63, 3.8) is 0 Å². The molecule has 2 aromatic rings. The first-order chi connectivity index (χ1) is 9.02. The Morgan fingerprint density at radius 3 is 2.58 bits per heavy atom. The van der Waals surface area contributed by atoms with Crippen LogP contribution in [0.5, 0.6) is 0 Å². The molecule has 2 rings (SSSR count). The largest absolute Gasteiger partial charge is 0.378 e. The minimum atomic E-state index is 0.346. The molecule has 0 radical (unpaired) electrons. The fraction of sp³-hybridized carbons (Fsp3) is 0.167. The van der Waals surface area contributed by atoms with Gasteiger partial charge in [-0.1, -0.05) is 23.2 Å². The second kappa shape index (κ2) is 6.50. The molecule has 0 aliphatic carbocycles. The highest BCUT2D eigenvalue weighted by atomic mass is 79.9. The maximum Gasteiger partial charge on any atom is 0.162 e. The topological polar surface area (TPSA) is 35.0 Å². The van der Waals surface area contributed by atoms with Crippen LogP contribution in [-0.2, 0) is 11.3 Å². The Hall–Kier alpha value is -0.200. The van der Waals surface area contributed by atoms with Crippen LogP contribution in [0, 0.1) is 0 Å². The van der Waals surface area contributed by atoms with E-state index in [0.29, 0.717) is 32.8 Å². The van der Waals surface area contributed by atoms with Gasteiger partial charge >= 0.3 is 0 Å². The molecule has 0 saturated carbocycles. The molecule has 0 saturated heterocycles. The van der Waals surface area contributed by atoms with E-state index in [9.17, 15) is 0 Å². The second-order valence-corrected chi connectivity index (χ2v) is 6.10. The van der Waals surface area contributed by atoms with Crippen LogP contribution in [0.25, 0.3) is 11.4 Å². The molecule has 0 bridgehead atoms. The predicted molar refractivity (Wildman–Crippen MR) is 83.6 cm³/mol. The zero-order chi connectivity index (χ0) is 14.0. The van der Waals surface area contributed by atoms with E-state index in [4.69, 9.17) is 27.9 Å². The number of hydrogen-bond donors (Lipinski definition) is 0. The van der Waals surface area contributed by atoms with Crippen molar-refractivity contribution in [2.45, 2.75) is 6.61 Å². The Kier molecular flexibility index (Phi) is 5.20. The third-order valence-corrected chi connectivity index (χ3v) is 4.56. The van der Waals surface area contributed by atoms with Crippen molar-refractivity contribution in [3.05, 3.63) is 43.0 Å². The zero-order valence-electron chi connectivity index (χ0n) is 9.75. The number of aromatic nitrogens is 2. The van der Waals surface area contributed by atoms with E-state index in [1.807, 2.05) is 6.07 Å².